The summed E-state index contributed by atoms with van der Waals surface area (Å²) in [5, 5.41) is 13.0. The van der Waals surface area contributed by atoms with Crippen molar-refractivity contribution in [3.8, 4) is 0 Å². The normalized spacial score (nSPS) is 19.5. The molecular weight excluding hydrogens is 242 g/mol. The van der Waals surface area contributed by atoms with E-state index in [2.05, 4.69) is 24.1 Å². The fourth-order valence-electron chi connectivity index (χ4n) is 2.22. The number of piperazine rings is 1. The summed E-state index contributed by atoms with van der Waals surface area (Å²) in [5.74, 6) is 0.184. The summed E-state index contributed by atoms with van der Waals surface area (Å²) in [5.41, 5.74) is -0.662. The van der Waals surface area contributed by atoms with E-state index in [1.807, 2.05) is 18.7 Å². The van der Waals surface area contributed by atoms with Gasteiger partial charge in [0.1, 0.15) is 0 Å². The average Bonchev–Trinajstić information content (AvgIpc) is 2.34. The van der Waals surface area contributed by atoms with Gasteiger partial charge in [0.15, 0.2) is 0 Å². The lowest BCUT2D eigenvalue weighted by molar-refractivity contribution is -0.132. The molecule has 0 saturated carbocycles. The first-order chi connectivity index (χ1) is 8.81. The lowest BCUT2D eigenvalue weighted by atomic mass is 10.1. The first-order valence-electron chi connectivity index (χ1n) is 7.27. The van der Waals surface area contributed by atoms with E-state index >= 15 is 0 Å². The van der Waals surface area contributed by atoms with Crippen LogP contribution in [-0.4, -0.2) is 71.7 Å². The minimum Gasteiger partial charge on any atom is -0.389 e. The summed E-state index contributed by atoms with van der Waals surface area (Å²) >= 11 is 0. The van der Waals surface area contributed by atoms with Gasteiger partial charge in [0.05, 0.1) is 12.1 Å². The first kappa shape index (κ1) is 16.4. The van der Waals surface area contributed by atoms with Crippen molar-refractivity contribution in [1.82, 2.24) is 15.1 Å². The zero-order valence-electron chi connectivity index (χ0n) is 12.8. The zero-order chi connectivity index (χ0) is 14.5. The lowest BCUT2D eigenvalue weighted by Crippen LogP contribution is -2.53. The molecule has 19 heavy (non-hydrogen) atoms. The average molecular weight is 271 g/mol. The van der Waals surface area contributed by atoms with Crippen molar-refractivity contribution in [1.29, 1.82) is 0 Å². The molecule has 5 nitrogen and oxygen atoms in total. The third-order valence-electron chi connectivity index (χ3n) is 3.55. The van der Waals surface area contributed by atoms with E-state index in [4.69, 9.17) is 0 Å². The number of β-amino-alcohol motifs (C(OH)–C–C–N with tert-alkyl or cyclic N) is 1. The van der Waals surface area contributed by atoms with Gasteiger partial charge < -0.3 is 15.3 Å². The third kappa shape index (κ3) is 6.36. The number of carbonyl (C=O) groups is 1. The number of aliphatic hydroxyl groups is 1. The zero-order valence-corrected chi connectivity index (χ0v) is 12.8. The van der Waals surface area contributed by atoms with Crippen LogP contribution in [0.15, 0.2) is 0 Å². The number of hydrogen-bond donors (Lipinski definition) is 2. The maximum absolute atomic E-state index is 12.0. The van der Waals surface area contributed by atoms with Crippen molar-refractivity contribution < 1.29 is 9.90 Å². The van der Waals surface area contributed by atoms with Crippen LogP contribution in [-0.2, 0) is 4.79 Å². The standard InChI is InChI=1S/C14H29N3O2/c1-5-12(2)15-10-13(18)17-8-6-16(7-9-17)11-14(3,4)19/h12,15,19H,5-11H2,1-4H3. The van der Waals surface area contributed by atoms with Crippen molar-refractivity contribution in [3.63, 3.8) is 0 Å². The summed E-state index contributed by atoms with van der Waals surface area (Å²) in [6.45, 7) is 12.2. The molecule has 2 N–H and O–H groups in total. The summed E-state index contributed by atoms with van der Waals surface area (Å²) in [6, 6.07) is 0.389. The second-order valence-electron chi connectivity index (χ2n) is 6.16. The van der Waals surface area contributed by atoms with Gasteiger partial charge in [-0.05, 0) is 27.2 Å². The number of nitrogens with zero attached hydrogens (tertiary/aromatic N) is 2. The molecule has 1 aliphatic heterocycles. The van der Waals surface area contributed by atoms with Gasteiger partial charge in [-0.3, -0.25) is 9.69 Å². The molecule has 1 saturated heterocycles. The van der Waals surface area contributed by atoms with E-state index in [1.54, 1.807) is 0 Å². The first-order valence-corrected chi connectivity index (χ1v) is 7.27. The Hall–Kier alpha value is -0.650. The van der Waals surface area contributed by atoms with Gasteiger partial charge in [-0.2, -0.15) is 0 Å². The number of amides is 1. The fraction of sp³-hybridized carbons (Fsp3) is 0.929. The Morgan fingerprint density at radius 2 is 1.89 bits per heavy atom. The van der Waals surface area contributed by atoms with Crippen molar-refractivity contribution in [3.05, 3.63) is 0 Å². The SMILES string of the molecule is CCC(C)NCC(=O)N1CCN(CC(C)(C)O)CC1. The van der Waals surface area contributed by atoms with Gasteiger partial charge >= 0.3 is 0 Å². The Labute approximate surface area is 117 Å². The number of hydrogen-bond acceptors (Lipinski definition) is 4. The number of nitrogens with one attached hydrogen (secondary N) is 1. The Bertz CT molecular complexity index is 281. The van der Waals surface area contributed by atoms with Crippen LogP contribution in [0.5, 0.6) is 0 Å². The highest BCUT2D eigenvalue weighted by Gasteiger charge is 2.24. The topological polar surface area (TPSA) is 55.8 Å². The van der Waals surface area contributed by atoms with Crippen LogP contribution >= 0.6 is 0 Å². The molecule has 1 atom stereocenters. The van der Waals surface area contributed by atoms with E-state index in [9.17, 15) is 9.90 Å². The Morgan fingerprint density at radius 3 is 2.37 bits per heavy atom. The molecule has 1 fully saturated rings. The molecular formula is C14H29N3O2. The highest BCUT2D eigenvalue weighted by atomic mass is 16.3. The molecule has 0 bridgehead atoms. The van der Waals surface area contributed by atoms with Crippen molar-refractivity contribution in [2.45, 2.75) is 45.8 Å². The molecule has 1 amide bonds. The van der Waals surface area contributed by atoms with Crippen LogP contribution in [0.25, 0.3) is 0 Å². The summed E-state index contributed by atoms with van der Waals surface area (Å²) in [7, 11) is 0. The molecule has 112 valence electrons. The molecule has 1 heterocycles. The van der Waals surface area contributed by atoms with Crippen LogP contribution in [0.1, 0.15) is 34.1 Å². The van der Waals surface area contributed by atoms with Crippen molar-refractivity contribution in [2.75, 3.05) is 39.3 Å². The third-order valence-corrected chi connectivity index (χ3v) is 3.55. The summed E-state index contributed by atoms with van der Waals surface area (Å²) in [4.78, 5) is 16.1. The molecule has 0 aromatic heterocycles. The highest BCUT2D eigenvalue weighted by molar-refractivity contribution is 5.78. The van der Waals surface area contributed by atoms with E-state index in [-0.39, 0.29) is 5.91 Å². The van der Waals surface area contributed by atoms with Gasteiger partial charge in [0, 0.05) is 38.8 Å². The van der Waals surface area contributed by atoms with E-state index in [1.165, 1.54) is 0 Å². The summed E-state index contributed by atoms with van der Waals surface area (Å²) < 4.78 is 0. The minimum absolute atomic E-state index is 0.184. The molecule has 0 spiro atoms. The van der Waals surface area contributed by atoms with E-state index in [0.29, 0.717) is 19.1 Å². The predicted octanol–water partition coefficient (Wildman–Crippen LogP) is 0.290. The molecule has 1 unspecified atom stereocenters. The summed E-state index contributed by atoms with van der Waals surface area (Å²) in [6.07, 6.45) is 1.03. The molecule has 0 aliphatic carbocycles. The van der Waals surface area contributed by atoms with E-state index < -0.39 is 5.60 Å². The quantitative estimate of drug-likeness (QED) is 0.729. The van der Waals surface area contributed by atoms with Crippen molar-refractivity contribution in [2.24, 2.45) is 0 Å². The molecule has 0 aromatic rings. The van der Waals surface area contributed by atoms with Crippen LogP contribution in [0.4, 0.5) is 0 Å². The Kier molecular flexibility index (Phi) is 6.23. The van der Waals surface area contributed by atoms with Gasteiger partial charge in [0.2, 0.25) is 5.91 Å². The highest BCUT2D eigenvalue weighted by Crippen LogP contribution is 2.08. The maximum atomic E-state index is 12.0. The van der Waals surface area contributed by atoms with Crippen LogP contribution < -0.4 is 5.32 Å². The monoisotopic (exact) mass is 271 g/mol. The second-order valence-corrected chi connectivity index (χ2v) is 6.16. The van der Waals surface area contributed by atoms with Gasteiger partial charge in [-0.1, -0.05) is 6.92 Å². The molecule has 1 aliphatic rings. The van der Waals surface area contributed by atoms with Crippen LogP contribution in [0, 0.1) is 0 Å². The smallest absolute Gasteiger partial charge is 0.236 e. The largest absolute Gasteiger partial charge is 0.389 e. The number of carbonyl (C=O) groups excluding carboxylic acids is 1. The Balaban J connectivity index is 2.27. The number of rotatable bonds is 6. The van der Waals surface area contributed by atoms with Crippen LogP contribution in [0.3, 0.4) is 0 Å². The van der Waals surface area contributed by atoms with Crippen molar-refractivity contribution >= 4 is 5.91 Å². The predicted molar refractivity (Wildman–Crippen MR) is 77.1 cm³/mol. The van der Waals surface area contributed by atoms with E-state index in [0.717, 1.165) is 32.6 Å². The maximum Gasteiger partial charge on any atom is 0.236 e. The fourth-order valence-corrected chi connectivity index (χ4v) is 2.22. The van der Waals surface area contributed by atoms with Gasteiger partial charge in [-0.15, -0.1) is 0 Å². The molecule has 0 aromatic carbocycles. The molecule has 5 heteroatoms. The van der Waals surface area contributed by atoms with Gasteiger partial charge in [0.25, 0.3) is 0 Å². The minimum atomic E-state index is -0.662. The molecule has 0 radical (unpaired) electrons. The Morgan fingerprint density at radius 1 is 1.32 bits per heavy atom. The van der Waals surface area contributed by atoms with Crippen LogP contribution in [0.2, 0.25) is 0 Å². The lowest BCUT2D eigenvalue weighted by Gasteiger charge is -2.37. The van der Waals surface area contributed by atoms with Gasteiger partial charge in [-0.25, -0.2) is 0 Å². The molecule has 1 rings (SSSR count). The second kappa shape index (κ2) is 7.22.